The fourth-order valence-electron chi connectivity index (χ4n) is 5.17. The zero-order valence-electron chi connectivity index (χ0n) is 21.0. The minimum Gasteiger partial charge on any atom is -0.369 e. The molecule has 6 rings (SSSR count). The number of hydrogen-bond acceptors (Lipinski definition) is 3. The van der Waals surface area contributed by atoms with E-state index >= 15 is 0 Å². The number of fused-ring (bicyclic) bond motifs is 3. The van der Waals surface area contributed by atoms with Crippen LogP contribution in [0.25, 0.3) is 45.2 Å². The second-order valence-electron chi connectivity index (χ2n) is 9.76. The molecule has 1 N–H and O–H groups in total. The van der Waals surface area contributed by atoms with E-state index in [1.807, 2.05) is 12.1 Å². The number of anilines is 1. The van der Waals surface area contributed by atoms with E-state index in [1.54, 1.807) is 18.3 Å². The average Bonchev–Trinajstić information content (AvgIpc) is 3.31. The predicted molar refractivity (Wildman–Crippen MR) is 149 cm³/mol. The largest absolute Gasteiger partial charge is 0.416 e. The Hall–Kier alpha value is -4.10. The number of hydrogen-bond donors (Lipinski definition) is 1. The van der Waals surface area contributed by atoms with Gasteiger partial charge in [-0.2, -0.15) is 13.2 Å². The molecule has 192 valence electrons. The monoisotopic (exact) mass is 512 g/mol. The van der Waals surface area contributed by atoms with Crippen LogP contribution >= 0.6 is 0 Å². The maximum absolute atomic E-state index is 13.5. The lowest BCUT2D eigenvalue weighted by molar-refractivity contribution is -0.137. The Morgan fingerprint density at radius 1 is 0.816 bits per heavy atom. The Bertz CT molecular complexity index is 1630. The van der Waals surface area contributed by atoms with Gasteiger partial charge in [0.2, 0.25) is 0 Å². The molecule has 1 fully saturated rings. The van der Waals surface area contributed by atoms with Gasteiger partial charge in [0.25, 0.3) is 0 Å². The molecule has 3 aromatic carbocycles. The molecule has 0 saturated carbocycles. The molecular weight excluding hydrogens is 485 g/mol. The molecule has 3 heterocycles. The van der Waals surface area contributed by atoms with Crippen LogP contribution in [-0.2, 0) is 6.18 Å². The maximum atomic E-state index is 13.5. The number of H-pyrrole nitrogens is 1. The SMILES string of the molecule is CN1CCN(c2ccc(-c3ccc4[nH]c5nccc(C=Cc6ccccc6C(F)(F)F)c5c4c3)cc2)CC1. The standard InChI is InChI=1S/C31H27F3N4/c1-37-16-18-38(19-17-37)25-11-8-21(9-12-25)24-10-13-28-26(20-24)29-23(14-15-35-30(29)36-28)7-6-22-4-2-3-5-27(22)31(32,33)34/h2-15,20H,16-19H2,1H3,(H,35,36). The minimum atomic E-state index is -4.41. The third-order valence-electron chi connectivity index (χ3n) is 7.30. The Morgan fingerprint density at radius 3 is 2.29 bits per heavy atom. The minimum absolute atomic E-state index is 0.130. The van der Waals surface area contributed by atoms with Gasteiger partial charge in [-0.3, -0.25) is 0 Å². The second kappa shape index (κ2) is 9.65. The number of halogens is 3. The quantitative estimate of drug-likeness (QED) is 0.274. The number of likely N-dealkylation sites (N-methyl/N-ethyl adjacent to an activating group) is 1. The van der Waals surface area contributed by atoms with E-state index in [-0.39, 0.29) is 5.56 Å². The molecule has 5 aromatic rings. The van der Waals surface area contributed by atoms with Crippen molar-refractivity contribution >= 4 is 39.8 Å². The predicted octanol–water partition coefficient (Wildman–Crippen LogP) is 7.32. The van der Waals surface area contributed by atoms with Gasteiger partial charge in [0.15, 0.2) is 0 Å². The highest BCUT2D eigenvalue weighted by molar-refractivity contribution is 6.11. The van der Waals surface area contributed by atoms with Crippen molar-refractivity contribution in [2.75, 3.05) is 38.1 Å². The van der Waals surface area contributed by atoms with Gasteiger partial charge in [-0.1, -0.05) is 48.6 Å². The summed E-state index contributed by atoms with van der Waals surface area (Å²) in [6.45, 7) is 4.17. The van der Waals surface area contributed by atoms with Crippen molar-refractivity contribution in [3.63, 3.8) is 0 Å². The molecule has 0 atom stereocenters. The van der Waals surface area contributed by atoms with Crippen LogP contribution in [0.4, 0.5) is 18.9 Å². The van der Waals surface area contributed by atoms with E-state index in [2.05, 4.69) is 63.2 Å². The van der Waals surface area contributed by atoms with Crippen LogP contribution in [0.5, 0.6) is 0 Å². The summed E-state index contributed by atoms with van der Waals surface area (Å²) < 4.78 is 40.5. The van der Waals surface area contributed by atoms with E-state index in [9.17, 15) is 13.2 Å². The van der Waals surface area contributed by atoms with Crippen molar-refractivity contribution in [2.24, 2.45) is 0 Å². The molecule has 0 unspecified atom stereocenters. The van der Waals surface area contributed by atoms with Gasteiger partial charge >= 0.3 is 6.18 Å². The van der Waals surface area contributed by atoms with Crippen molar-refractivity contribution in [1.29, 1.82) is 0 Å². The topological polar surface area (TPSA) is 35.2 Å². The van der Waals surface area contributed by atoms with Gasteiger partial charge in [-0.25, -0.2) is 4.98 Å². The smallest absolute Gasteiger partial charge is 0.369 e. The van der Waals surface area contributed by atoms with Crippen LogP contribution in [0.15, 0.2) is 79.0 Å². The summed E-state index contributed by atoms with van der Waals surface area (Å²) in [7, 11) is 2.15. The summed E-state index contributed by atoms with van der Waals surface area (Å²) in [5.74, 6) is 0. The van der Waals surface area contributed by atoms with E-state index in [0.29, 0.717) is 5.65 Å². The highest BCUT2D eigenvalue weighted by Gasteiger charge is 2.32. The van der Waals surface area contributed by atoms with Gasteiger partial charge in [0.1, 0.15) is 5.65 Å². The van der Waals surface area contributed by atoms with Gasteiger partial charge in [0.05, 0.1) is 5.56 Å². The summed E-state index contributed by atoms with van der Waals surface area (Å²) in [6.07, 6.45) is 0.520. The van der Waals surface area contributed by atoms with Crippen molar-refractivity contribution in [1.82, 2.24) is 14.9 Å². The van der Waals surface area contributed by atoms with E-state index in [0.717, 1.165) is 65.2 Å². The highest BCUT2D eigenvalue weighted by Crippen LogP contribution is 2.35. The van der Waals surface area contributed by atoms with Crippen LogP contribution in [0, 0.1) is 0 Å². The van der Waals surface area contributed by atoms with Crippen LogP contribution in [0.1, 0.15) is 16.7 Å². The molecule has 0 spiro atoms. The van der Waals surface area contributed by atoms with Crippen molar-refractivity contribution in [3.8, 4) is 11.1 Å². The number of nitrogens with zero attached hydrogens (tertiary/aromatic N) is 3. The molecule has 0 bridgehead atoms. The number of alkyl halides is 3. The summed E-state index contributed by atoms with van der Waals surface area (Å²) in [5, 5.41) is 1.87. The van der Waals surface area contributed by atoms with Crippen LogP contribution < -0.4 is 4.90 Å². The number of aromatic nitrogens is 2. The molecule has 0 aliphatic carbocycles. The van der Waals surface area contributed by atoms with Crippen molar-refractivity contribution in [3.05, 3.63) is 95.7 Å². The average molecular weight is 513 g/mol. The Kier molecular flexibility index (Phi) is 6.16. The Labute approximate surface area is 219 Å². The molecule has 38 heavy (non-hydrogen) atoms. The molecule has 0 radical (unpaired) electrons. The van der Waals surface area contributed by atoms with Crippen molar-refractivity contribution in [2.45, 2.75) is 6.18 Å². The first kappa shape index (κ1) is 24.2. The lowest BCUT2D eigenvalue weighted by Crippen LogP contribution is -2.44. The van der Waals surface area contributed by atoms with E-state index in [1.165, 1.54) is 23.9 Å². The third-order valence-corrected chi connectivity index (χ3v) is 7.30. The number of rotatable bonds is 4. The van der Waals surface area contributed by atoms with Gasteiger partial charge in [0, 0.05) is 54.4 Å². The number of aromatic amines is 1. The zero-order valence-corrected chi connectivity index (χ0v) is 21.0. The number of piperazine rings is 1. The molecule has 1 aliphatic rings. The number of benzene rings is 3. The lowest BCUT2D eigenvalue weighted by atomic mass is 10.0. The lowest BCUT2D eigenvalue weighted by Gasteiger charge is -2.34. The van der Waals surface area contributed by atoms with Gasteiger partial charge in [-0.15, -0.1) is 0 Å². The molecule has 1 aliphatic heterocycles. The highest BCUT2D eigenvalue weighted by atomic mass is 19.4. The number of pyridine rings is 1. The summed E-state index contributed by atoms with van der Waals surface area (Å²) >= 11 is 0. The molecule has 0 amide bonds. The fraction of sp³-hybridized carbons (Fsp3) is 0.194. The molecule has 2 aromatic heterocycles. The second-order valence-corrected chi connectivity index (χ2v) is 9.76. The molecule has 4 nitrogen and oxygen atoms in total. The van der Waals surface area contributed by atoms with Crippen LogP contribution in [-0.4, -0.2) is 48.1 Å². The first-order valence-electron chi connectivity index (χ1n) is 12.7. The van der Waals surface area contributed by atoms with Crippen LogP contribution in [0.3, 0.4) is 0 Å². The van der Waals surface area contributed by atoms with Crippen molar-refractivity contribution < 1.29 is 13.2 Å². The molecular formula is C31H27F3N4. The third kappa shape index (κ3) is 4.65. The first-order valence-corrected chi connectivity index (χ1v) is 12.7. The van der Waals surface area contributed by atoms with E-state index in [4.69, 9.17) is 0 Å². The maximum Gasteiger partial charge on any atom is 0.416 e. The number of nitrogens with one attached hydrogen (secondary N) is 1. The summed E-state index contributed by atoms with van der Waals surface area (Å²) in [4.78, 5) is 12.6. The Morgan fingerprint density at radius 2 is 1.53 bits per heavy atom. The van der Waals surface area contributed by atoms with Gasteiger partial charge in [-0.05, 0) is 65.7 Å². The summed E-state index contributed by atoms with van der Waals surface area (Å²) in [6, 6.07) is 22.3. The van der Waals surface area contributed by atoms with Gasteiger partial charge < -0.3 is 14.8 Å². The fourth-order valence-corrected chi connectivity index (χ4v) is 5.17. The van der Waals surface area contributed by atoms with Crippen LogP contribution in [0.2, 0.25) is 0 Å². The Balaban J connectivity index is 1.36. The zero-order chi connectivity index (χ0) is 26.3. The first-order chi connectivity index (χ1) is 18.4. The molecule has 1 saturated heterocycles. The molecule has 7 heteroatoms. The van der Waals surface area contributed by atoms with E-state index < -0.39 is 11.7 Å². The normalized spacial score (nSPS) is 15.2. The summed E-state index contributed by atoms with van der Waals surface area (Å²) in [5.41, 5.74) is 5.33.